The largest absolute Gasteiger partial charge is 0.465 e. The van der Waals surface area contributed by atoms with Crippen molar-refractivity contribution in [3.8, 4) is 0 Å². The van der Waals surface area contributed by atoms with Crippen LogP contribution in [0.2, 0.25) is 0 Å². The van der Waals surface area contributed by atoms with Gasteiger partial charge in [0.25, 0.3) is 0 Å². The number of rotatable bonds is 2. The van der Waals surface area contributed by atoms with E-state index in [2.05, 4.69) is 0 Å². The third-order valence-corrected chi connectivity index (χ3v) is 3.75. The Morgan fingerprint density at radius 1 is 1.50 bits per heavy atom. The fourth-order valence-corrected chi connectivity index (χ4v) is 2.72. The van der Waals surface area contributed by atoms with Crippen molar-refractivity contribution in [3.63, 3.8) is 0 Å². The molecule has 1 unspecified atom stereocenters. The molecule has 0 spiro atoms. The van der Waals surface area contributed by atoms with Crippen LogP contribution < -0.4 is 0 Å². The predicted octanol–water partition coefficient (Wildman–Crippen LogP) is 2.33. The zero-order chi connectivity index (χ0) is 13.3. The number of hydrogen-bond donors (Lipinski definition) is 2. The average Bonchev–Trinajstić information content (AvgIpc) is 2.70. The summed E-state index contributed by atoms with van der Waals surface area (Å²) in [4.78, 5) is 13.0. The quantitative estimate of drug-likeness (QED) is 0.810. The highest BCUT2D eigenvalue weighted by molar-refractivity contribution is 7.98. The minimum Gasteiger partial charge on any atom is -0.465 e. The monoisotopic (exact) mass is 271 g/mol. The number of thioether (sulfide) groups is 1. The molecular weight excluding hydrogens is 257 g/mol. The number of amides is 1. The fraction of sp³-hybridized carbons (Fsp3) is 0.417. The SMILES string of the molecule is CSc1cc(F)cc(C2C[C@@H](O)CN2C(=O)O)c1. The summed E-state index contributed by atoms with van der Waals surface area (Å²) in [6.07, 6.45) is 0.360. The van der Waals surface area contributed by atoms with E-state index in [1.807, 2.05) is 6.26 Å². The van der Waals surface area contributed by atoms with Crippen molar-refractivity contribution in [2.45, 2.75) is 23.5 Å². The summed E-state index contributed by atoms with van der Waals surface area (Å²) in [6.45, 7) is 0.0745. The third kappa shape index (κ3) is 2.59. The van der Waals surface area contributed by atoms with Crippen LogP contribution in [0, 0.1) is 5.82 Å². The van der Waals surface area contributed by atoms with E-state index in [0.29, 0.717) is 12.0 Å². The van der Waals surface area contributed by atoms with Gasteiger partial charge >= 0.3 is 6.09 Å². The normalized spacial score (nSPS) is 23.4. The highest BCUT2D eigenvalue weighted by Gasteiger charge is 2.35. The van der Waals surface area contributed by atoms with Crippen molar-refractivity contribution in [3.05, 3.63) is 29.6 Å². The third-order valence-electron chi connectivity index (χ3n) is 3.04. The van der Waals surface area contributed by atoms with Crippen LogP contribution in [0.3, 0.4) is 0 Å². The van der Waals surface area contributed by atoms with Crippen molar-refractivity contribution in [1.82, 2.24) is 4.90 Å². The molecule has 2 rings (SSSR count). The van der Waals surface area contributed by atoms with E-state index >= 15 is 0 Å². The Kier molecular flexibility index (Phi) is 3.77. The van der Waals surface area contributed by atoms with E-state index in [1.165, 1.54) is 23.9 Å². The van der Waals surface area contributed by atoms with Crippen molar-refractivity contribution in [2.75, 3.05) is 12.8 Å². The lowest BCUT2D eigenvalue weighted by molar-refractivity contribution is 0.131. The van der Waals surface area contributed by atoms with Crippen LogP contribution in [0.1, 0.15) is 18.0 Å². The molecule has 1 amide bonds. The standard InChI is InChI=1S/C12H14FNO3S/c1-18-10-3-7(2-8(13)4-10)11-5-9(15)6-14(11)12(16)17/h2-4,9,11,15H,5-6H2,1H3,(H,16,17)/t9-,11?/m1/s1. The van der Waals surface area contributed by atoms with E-state index in [-0.39, 0.29) is 12.4 Å². The van der Waals surface area contributed by atoms with Crippen LogP contribution in [0.4, 0.5) is 9.18 Å². The van der Waals surface area contributed by atoms with Gasteiger partial charge in [0.15, 0.2) is 0 Å². The number of β-amino-alcohol motifs (C(OH)–C–C–N with tert-alkyl or cyclic N) is 1. The van der Waals surface area contributed by atoms with Gasteiger partial charge in [-0.25, -0.2) is 9.18 Å². The van der Waals surface area contributed by atoms with Crippen LogP contribution in [0.15, 0.2) is 23.1 Å². The van der Waals surface area contributed by atoms with Crippen molar-refractivity contribution in [1.29, 1.82) is 0 Å². The second kappa shape index (κ2) is 5.16. The van der Waals surface area contributed by atoms with E-state index in [9.17, 15) is 14.3 Å². The van der Waals surface area contributed by atoms with E-state index < -0.39 is 18.2 Å². The number of likely N-dealkylation sites (tertiary alicyclic amines) is 1. The van der Waals surface area contributed by atoms with Gasteiger partial charge in [0.1, 0.15) is 5.82 Å². The second-order valence-electron chi connectivity index (χ2n) is 4.26. The molecule has 1 aliphatic rings. The fourth-order valence-electron chi connectivity index (χ4n) is 2.24. The summed E-state index contributed by atoms with van der Waals surface area (Å²) in [7, 11) is 0. The summed E-state index contributed by atoms with van der Waals surface area (Å²) in [5.41, 5.74) is 0.596. The lowest BCUT2D eigenvalue weighted by Gasteiger charge is -2.21. The van der Waals surface area contributed by atoms with Gasteiger partial charge in [-0.15, -0.1) is 11.8 Å². The number of carboxylic acid groups (broad SMARTS) is 1. The molecule has 1 aliphatic heterocycles. The molecule has 18 heavy (non-hydrogen) atoms. The van der Waals surface area contributed by atoms with Crippen molar-refractivity contribution < 1.29 is 19.4 Å². The first kappa shape index (κ1) is 13.2. The zero-order valence-electron chi connectivity index (χ0n) is 9.84. The van der Waals surface area contributed by atoms with Gasteiger partial charge < -0.3 is 10.2 Å². The van der Waals surface area contributed by atoms with Gasteiger partial charge in [0.05, 0.1) is 18.7 Å². The number of nitrogens with zero attached hydrogens (tertiary/aromatic N) is 1. The Morgan fingerprint density at radius 2 is 2.22 bits per heavy atom. The van der Waals surface area contributed by atoms with Crippen LogP contribution >= 0.6 is 11.8 Å². The molecule has 98 valence electrons. The lowest BCUT2D eigenvalue weighted by Crippen LogP contribution is -2.30. The Balaban J connectivity index is 2.35. The van der Waals surface area contributed by atoms with Crippen molar-refractivity contribution in [2.24, 2.45) is 0 Å². The van der Waals surface area contributed by atoms with E-state index in [4.69, 9.17) is 5.11 Å². The van der Waals surface area contributed by atoms with Gasteiger partial charge in [-0.1, -0.05) is 0 Å². The maximum Gasteiger partial charge on any atom is 0.407 e. The Morgan fingerprint density at radius 3 is 2.83 bits per heavy atom. The van der Waals surface area contributed by atoms with Crippen LogP contribution in [-0.2, 0) is 0 Å². The Hall–Kier alpha value is -1.27. The summed E-state index contributed by atoms with van der Waals surface area (Å²) >= 11 is 1.40. The Bertz CT molecular complexity index is 469. The maximum atomic E-state index is 13.5. The molecule has 0 saturated carbocycles. The molecule has 0 aromatic heterocycles. The molecule has 1 heterocycles. The minimum absolute atomic E-state index is 0.0745. The smallest absolute Gasteiger partial charge is 0.407 e. The van der Waals surface area contributed by atoms with Gasteiger partial charge in [0, 0.05) is 4.90 Å². The first-order chi connectivity index (χ1) is 8.51. The lowest BCUT2D eigenvalue weighted by atomic mass is 10.0. The number of aliphatic hydroxyl groups is 1. The number of hydrogen-bond acceptors (Lipinski definition) is 3. The number of aliphatic hydroxyl groups excluding tert-OH is 1. The molecule has 0 radical (unpaired) electrons. The zero-order valence-corrected chi connectivity index (χ0v) is 10.7. The van der Waals surface area contributed by atoms with Crippen LogP contribution in [0.25, 0.3) is 0 Å². The number of halogens is 1. The molecule has 6 heteroatoms. The molecule has 4 nitrogen and oxygen atoms in total. The topological polar surface area (TPSA) is 60.8 Å². The first-order valence-electron chi connectivity index (χ1n) is 5.53. The van der Waals surface area contributed by atoms with Gasteiger partial charge in [0.2, 0.25) is 0 Å². The highest BCUT2D eigenvalue weighted by atomic mass is 32.2. The number of benzene rings is 1. The van der Waals surface area contributed by atoms with Crippen LogP contribution in [-0.4, -0.2) is 40.1 Å². The molecule has 1 saturated heterocycles. The highest BCUT2D eigenvalue weighted by Crippen LogP contribution is 2.34. The Labute approximate surface area is 108 Å². The first-order valence-corrected chi connectivity index (χ1v) is 6.76. The summed E-state index contributed by atoms with van der Waals surface area (Å²) in [6, 6.07) is 4.04. The maximum absolute atomic E-state index is 13.5. The molecular formula is C12H14FNO3S. The second-order valence-corrected chi connectivity index (χ2v) is 5.14. The summed E-state index contributed by atoms with van der Waals surface area (Å²) in [5, 5.41) is 18.6. The van der Waals surface area contributed by atoms with Gasteiger partial charge in [-0.05, 0) is 36.4 Å². The van der Waals surface area contributed by atoms with Crippen LogP contribution in [0.5, 0.6) is 0 Å². The molecule has 2 N–H and O–H groups in total. The van der Waals surface area contributed by atoms with Crippen molar-refractivity contribution >= 4 is 17.9 Å². The molecule has 1 aromatic carbocycles. The molecule has 1 aromatic rings. The molecule has 2 atom stereocenters. The van der Waals surface area contributed by atoms with E-state index in [1.54, 1.807) is 6.07 Å². The molecule has 1 fully saturated rings. The van der Waals surface area contributed by atoms with Gasteiger partial charge in [-0.2, -0.15) is 0 Å². The molecule has 0 aliphatic carbocycles. The van der Waals surface area contributed by atoms with E-state index in [0.717, 1.165) is 9.80 Å². The average molecular weight is 271 g/mol. The minimum atomic E-state index is -1.09. The summed E-state index contributed by atoms with van der Waals surface area (Å²) in [5.74, 6) is -0.386. The summed E-state index contributed by atoms with van der Waals surface area (Å²) < 4.78 is 13.5. The van der Waals surface area contributed by atoms with Gasteiger partial charge in [-0.3, -0.25) is 4.90 Å². The molecule has 0 bridgehead atoms. The number of carbonyl (C=O) groups is 1. The predicted molar refractivity (Wildman–Crippen MR) is 66.3 cm³/mol.